The van der Waals surface area contributed by atoms with Crippen molar-refractivity contribution in [1.29, 1.82) is 0 Å². The summed E-state index contributed by atoms with van der Waals surface area (Å²) in [4.78, 5) is 21.3. The van der Waals surface area contributed by atoms with E-state index >= 15 is 0 Å². The Morgan fingerprint density at radius 1 is 1.56 bits per heavy atom. The zero-order valence-corrected chi connectivity index (χ0v) is 9.47. The highest BCUT2D eigenvalue weighted by Gasteiger charge is 2.40. The molecule has 1 unspecified atom stereocenters. The largest absolute Gasteiger partial charge is 0.481 e. The average molecular weight is 221 g/mol. The van der Waals surface area contributed by atoms with E-state index in [4.69, 9.17) is 5.11 Å². The molecule has 0 bridgehead atoms. The minimum absolute atomic E-state index is 0.513. The van der Waals surface area contributed by atoms with Gasteiger partial charge in [-0.05, 0) is 20.3 Å². The molecule has 1 saturated heterocycles. The van der Waals surface area contributed by atoms with Gasteiger partial charge in [0.2, 0.25) is 0 Å². The smallest absolute Gasteiger partial charge is 0.311 e. The van der Waals surface area contributed by atoms with Crippen molar-refractivity contribution in [2.24, 2.45) is 5.41 Å². The Labute approximate surface area is 94.1 Å². The lowest BCUT2D eigenvalue weighted by molar-refractivity contribution is -0.146. The molecule has 1 aliphatic heterocycles. The SMILES string of the molecule is Cc1cc(N2CCC(C)(C(=O)O)C2)ncn1. The van der Waals surface area contributed by atoms with E-state index < -0.39 is 11.4 Å². The zero-order chi connectivity index (χ0) is 11.8. The van der Waals surface area contributed by atoms with E-state index in [0.29, 0.717) is 13.0 Å². The van der Waals surface area contributed by atoms with Gasteiger partial charge in [-0.15, -0.1) is 0 Å². The first-order valence-electron chi connectivity index (χ1n) is 5.28. The van der Waals surface area contributed by atoms with Gasteiger partial charge in [-0.2, -0.15) is 0 Å². The molecule has 0 aromatic carbocycles. The van der Waals surface area contributed by atoms with Gasteiger partial charge in [0, 0.05) is 24.8 Å². The number of carboxylic acid groups (broad SMARTS) is 1. The molecule has 1 aliphatic rings. The number of hydrogen-bond donors (Lipinski definition) is 1. The van der Waals surface area contributed by atoms with Crippen molar-refractivity contribution in [3.8, 4) is 0 Å². The maximum atomic E-state index is 11.1. The Morgan fingerprint density at radius 2 is 2.31 bits per heavy atom. The van der Waals surface area contributed by atoms with Gasteiger partial charge in [0.15, 0.2) is 0 Å². The molecule has 0 saturated carbocycles. The molecule has 2 rings (SSSR count). The van der Waals surface area contributed by atoms with Crippen LogP contribution >= 0.6 is 0 Å². The van der Waals surface area contributed by atoms with E-state index in [9.17, 15) is 4.79 Å². The van der Waals surface area contributed by atoms with E-state index in [-0.39, 0.29) is 0 Å². The van der Waals surface area contributed by atoms with Gasteiger partial charge in [-0.25, -0.2) is 9.97 Å². The van der Waals surface area contributed by atoms with Crippen molar-refractivity contribution < 1.29 is 9.90 Å². The van der Waals surface area contributed by atoms with Crippen LogP contribution in [0, 0.1) is 12.3 Å². The van der Waals surface area contributed by atoms with E-state index in [0.717, 1.165) is 18.1 Å². The molecule has 1 fully saturated rings. The second kappa shape index (κ2) is 3.73. The number of aromatic nitrogens is 2. The number of carbonyl (C=O) groups is 1. The van der Waals surface area contributed by atoms with Crippen molar-refractivity contribution in [2.45, 2.75) is 20.3 Å². The standard InChI is InChI=1S/C11H15N3O2/c1-8-5-9(13-7-12-8)14-4-3-11(2,6-14)10(15)16/h5,7H,3-4,6H2,1-2H3,(H,15,16). The lowest BCUT2D eigenvalue weighted by Crippen LogP contribution is -2.32. The van der Waals surface area contributed by atoms with Gasteiger partial charge >= 0.3 is 5.97 Å². The number of rotatable bonds is 2. The van der Waals surface area contributed by atoms with Gasteiger partial charge in [0.25, 0.3) is 0 Å². The van der Waals surface area contributed by atoms with E-state index in [1.54, 1.807) is 6.92 Å². The molecule has 16 heavy (non-hydrogen) atoms. The van der Waals surface area contributed by atoms with Crippen LogP contribution < -0.4 is 4.90 Å². The quantitative estimate of drug-likeness (QED) is 0.809. The summed E-state index contributed by atoms with van der Waals surface area (Å²) in [5.74, 6) is 0.0817. The summed E-state index contributed by atoms with van der Waals surface area (Å²) < 4.78 is 0. The average Bonchev–Trinajstić information content (AvgIpc) is 2.62. The molecule has 2 heterocycles. The molecule has 5 heteroatoms. The van der Waals surface area contributed by atoms with Crippen LogP contribution in [0.15, 0.2) is 12.4 Å². The number of hydrogen-bond acceptors (Lipinski definition) is 4. The molecule has 1 atom stereocenters. The lowest BCUT2D eigenvalue weighted by atomic mass is 9.90. The summed E-state index contributed by atoms with van der Waals surface area (Å²) >= 11 is 0. The molecule has 1 N–H and O–H groups in total. The first-order chi connectivity index (χ1) is 7.51. The number of nitrogens with zero attached hydrogens (tertiary/aromatic N) is 3. The molecular formula is C11H15N3O2. The van der Waals surface area contributed by atoms with Crippen molar-refractivity contribution in [3.63, 3.8) is 0 Å². The Morgan fingerprint density at radius 3 is 2.88 bits per heavy atom. The molecule has 1 aromatic heterocycles. The third-order valence-electron chi connectivity index (χ3n) is 3.10. The van der Waals surface area contributed by atoms with Crippen LogP contribution in [0.4, 0.5) is 5.82 Å². The van der Waals surface area contributed by atoms with E-state index in [1.807, 2.05) is 17.9 Å². The number of anilines is 1. The fourth-order valence-electron chi connectivity index (χ4n) is 1.94. The molecule has 0 amide bonds. The maximum Gasteiger partial charge on any atom is 0.311 e. The van der Waals surface area contributed by atoms with E-state index in [1.165, 1.54) is 6.33 Å². The predicted octanol–water partition coefficient (Wildman–Crippen LogP) is 1.09. The Hall–Kier alpha value is -1.65. The Kier molecular flexibility index (Phi) is 2.53. The molecule has 0 aliphatic carbocycles. The molecule has 0 radical (unpaired) electrons. The summed E-state index contributed by atoms with van der Waals surface area (Å²) in [7, 11) is 0. The molecular weight excluding hydrogens is 206 g/mol. The highest BCUT2D eigenvalue weighted by molar-refractivity contribution is 5.76. The monoisotopic (exact) mass is 221 g/mol. The lowest BCUT2D eigenvalue weighted by Gasteiger charge is -2.20. The highest BCUT2D eigenvalue weighted by Crippen LogP contribution is 2.32. The molecule has 5 nitrogen and oxygen atoms in total. The maximum absolute atomic E-state index is 11.1. The second-order valence-corrected chi connectivity index (χ2v) is 4.55. The van der Waals surface area contributed by atoms with Crippen LogP contribution in [-0.2, 0) is 4.79 Å². The Bertz CT molecular complexity index is 421. The van der Waals surface area contributed by atoms with Gasteiger partial charge in [0.1, 0.15) is 12.1 Å². The first kappa shape index (κ1) is 10.9. The highest BCUT2D eigenvalue weighted by atomic mass is 16.4. The summed E-state index contributed by atoms with van der Waals surface area (Å²) in [6, 6.07) is 1.88. The van der Waals surface area contributed by atoms with Crippen molar-refractivity contribution in [2.75, 3.05) is 18.0 Å². The molecule has 86 valence electrons. The van der Waals surface area contributed by atoms with E-state index in [2.05, 4.69) is 9.97 Å². The Balaban J connectivity index is 2.18. The van der Waals surface area contributed by atoms with Crippen LogP contribution in [0.3, 0.4) is 0 Å². The minimum Gasteiger partial charge on any atom is -0.481 e. The van der Waals surface area contributed by atoms with Gasteiger partial charge < -0.3 is 10.0 Å². The zero-order valence-electron chi connectivity index (χ0n) is 9.47. The summed E-state index contributed by atoms with van der Waals surface area (Å²) in [6.07, 6.45) is 2.17. The molecule has 1 aromatic rings. The van der Waals surface area contributed by atoms with Gasteiger partial charge in [0.05, 0.1) is 5.41 Å². The summed E-state index contributed by atoms with van der Waals surface area (Å²) in [6.45, 7) is 4.93. The fraction of sp³-hybridized carbons (Fsp3) is 0.545. The van der Waals surface area contributed by atoms with Gasteiger partial charge in [-0.3, -0.25) is 4.79 Å². The van der Waals surface area contributed by atoms with Crippen molar-refractivity contribution in [3.05, 3.63) is 18.1 Å². The van der Waals surface area contributed by atoms with Crippen LogP contribution in [0.5, 0.6) is 0 Å². The third-order valence-corrected chi connectivity index (χ3v) is 3.10. The minimum atomic E-state index is -0.735. The number of aryl methyl sites for hydroxylation is 1. The third kappa shape index (κ3) is 1.85. The summed E-state index contributed by atoms with van der Waals surface area (Å²) in [5, 5.41) is 9.13. The van der Waals surface area contributed by atoms with Crippen LogP contribution in [0.2, 0.25) is 0 Å². The fourth-order valence-corrected chi connectivity index (χ4v) is 1.94. The van der Waals surface area contributed by atoms with Crippen LogP contribution in [0.25, 0.3) is 0 Å². The van der Waals surface area contributed by atoms with Crippen LogP contribution in [-0.4, -0.2) is 34.1 Å². The first-order valence-corrected chi connectivity index (χ1v) is 5.28. The summed E-state index contributed by atoms with van der Waals surface area (Å²) in [5.41, 5.74) is 0.243. The van der Waals surface area contributed by atoms with Crippen molar-refractivity contribution in [1.82, 2.24) is 9.97 Å². The van der Waals surface area contributed by atoms with Crippen LogP contribution in [0.1, 0.15) is 19.0 Å². The van der Waals surface area contributed by atoms with Crippen molar-refractivity contribution >= 4 is 11.8 Å². The number of aliphatic carboxylic acids is 1. The normalized spacial score (nSPS) is 24.8. The topological polar surface area (TPSA) is 66.3 Å². The second-order valence-electron chi connectivity index (χ2n) is 4.55. The number of carboxylic acids is 1. The predicted molar refractivity (Wildman–Crippen MR) is 59.3 cm³/mol. The molecule has 0 spiro atoms. The van der Waals surface area contributed by atoms with Gasteiger partial charge in [-0.1, -0.05) is 0 Å².